The van der Waals surface area contributed by atoms with Crippen LogP contribution in [0, 0.1) is 6.92 Å². The summed E-state index contributed by atoms with van der Waals surface area (Å²) < 4.78 is 12.0. The number of nitrogens with one attached hydrogen (secondary N) is 1. The van der Waals surface area contributed by atoms with E-state index in [0.717, 1.165) is 11.3 Å². The van der Waals surface area contributed by atoms with Crippen molar-refractivity contribution in [2.75, 3.05) is 11.9 Å². The zero-order chi connectivity index (χ0) is 23.4. The molecule has 168 valence electrons. The van der Waals surface area contributed by atoms with Gasteiger partial charge in [0, 0.05) is 5.69 Å². The van der Waals surface area contributed by atoms with Crippen molar-refractivity contribution < 1.29 is 19.1 Å². The summed E-state index contributed by atoms with van der Waals surface area (Å²) >= 11 is 1.11. The van der Waals surface area contributed by atoms with Crippen molar-refractivity contribution in [2.45, 2.75) is 20.4 Å². The van der Waals surface area contributed by atoms with Crippen LogP contribution in [0.3, 0.4) is 0 Å². The fraction of sp³-hybridized carbons (Fsp3) is 0.167. The van der Waals surface area contributed by atoms with Crippen molar-refractivity contribution in [3.8, 4) is 11.5 Å². The van der Waals surface area contributed by atoms with E-state index in [9.17, 15) is 14.4 Å². The summed E-state index contributed by atoms with van der Waals surface area (Å²) in [6.45, 7) is 3.42. The maximum absolute atomic E-state index is 12.9. The molecule has 0 aliphatic rings. The molecule has 0 aliphatic carbocycles. The van der Waals surface area contributed by atoms with Gasteiger partial charge in [-0.1, -0.05) is 18.2 Å². The summed E-state index contributed by atoms with van der Waals surface area (Å²) in [5.74, 6) is 0.483. The van der Waals surface area contributed by atoms with Crippen LogP contribution >= 0.6 is 11.3 Å². The Morgan fingerprint density at radius 3 is 2.45 bits per heavy atom. The number of amides is 1. The molecule has 4 rings (SSSR count). The highest BCUT2D eigenvalue weighted by atomic mass is 32.1. The van der Waals surface area contributed by atoms with E-state index >= 15 is 0 Å². The Bertz CT molecular complexity index is 1360. The van der Waals surface area contributed by atoms with Crippen LogP contribution in [0.4, 0.5) is 5.69 Å². The third-order valence-corrected chi connectivity index (χ3v) is 5.99. The van der Waals surface area contributed by atoms with Crippen LogP contribution in [-0.2, 0) is 16.1 Å². The molecule has 0 aliphatic heterocycles. The molecule has 0 saturated heterocycles. The van der Waals surface area contributed by atoms with Crippen LogP contribution in [-0.4, -0.2) is 28.0 Å². The summed E-state index contributed by atoms with van der Waals surface area (Å²) in [4.78, 5) is 42.6. The van der Waals surface area contributed by atoms with E-state index in [4.69, 9.17) is 9.47 Å². The zero-order valence-corrected chi connectivity index (χ0v) is 18.8. The number of benzene rings is 2. The molecule has 9 heteroatoms. The minimum Gasteiger partial charge on any atom is -0.462 e. The van der Waals surface area contributed by atoms with Gasteiger partial charge in [0.25, 0.3) is 5.56 Å². The highest BCUT2D eigenvalue weighted by Gasteiger charge is 2.20. The third kappa shape index (κ3) is 4.93. The average Bonchev–Trinajstić information content (AvgIpc) is 3.15. The van der Waals surface area contributed by atoms with Crippen molar-refractivity contribution in [3.63, 3.8) is 0 Å². The highest BCUT2D eigenvalue weighted by molar-refractivity contribution is 7.20. The predicted octanol–water partition coefficient (Wildman–Crippen LogP) is 4.37. The first-order chi connectivity index (χ1) is 16.0. The Kier molecular flexibility index (Phi) is 6.50. The number of aryl methyl sites for hydroxylation is 1. The van der Waals surface area contributed by atoms with E-state index in [1.54, 1.807) is 38.1 Å². The number of hydrogen-bond acceptors (Lipinski definition) is 7. The topological polar surface area (TPSA) is 99.5 Å². The predicted molar refractivity (Wildman–Crippen MR) is 126 cm³/mol. The molecule has 2 heterocycles. The van der Waals surface area contributed by atoms with Crippen LogP contribution < -0.4 is 15.6 Å². The molecule has 0 saturated carbocycles. The molecule has 0 spiro atoms. The number of aromatic nitrogens is 2. The number of para-hydroxylation sites is 1. The molecule has 8 nitrogen and oxygen atoms in total. The van der Waals surface area contributed by atoms with Crippen LogP contribution in [0.1, 0.15) is 22.2 Å². The van der Waals surface area contributed by atoms with Gasteiger partial charge in [0.2, 0.25) is 5.91 Å². The van der Waals surface area contributed by atoms with Gasteiger partial charge in [-0.3, -0.25) is 14.2 Å². The van der Waals surface area contributed by atoms with Gasteiger partial charge in [0.15, 0.2) is 0 Å². The quantitative estimate of drug-likeness (QED) is 0.409. The maximum atomic E-state index is 12.9. The largest absolute Gasteiger partial charge is 0.462 e. The van der Waals surface area contributed by atoms with Crippen LogP contribution in [0.2, 0.25) is 0 Å². The Balaban J connectivity index is 1.46. The van der Waals surface area contributed by atoms with Gasteiger partial charge in [0.1, 0.15) is 27.8 Å². The summed E-state index contributed by atoms with van der Waals surface area (Å²) in [5, 5.41) is 3.08. The van der Waals surface area contributed by atoms with Gasteiger partial charge in [-0.15, -0.1) is 11.3 Å². The maximum Gasteiger partial charge on any atom is 0.348 e. The monoisotopic (exact) mass is 463 g/mol. The van der Waals surface area contributed by atoms with Gasteiger partial charge >= 0.3 is 5.97 Å². The first-order valence-electron chi connectivity index (χ1n) is 10.2. The standard InChI is InChI=1S/C24H21N3O5S/c1-3-31-24(30)21-15(2)20-22(33-21)25-14-27(23(20)29)13-19(28)26-16-9-11-18(12-10-16)32-17-7-5-4-6-8-17/h4-12,14H,3,13H2,1-2H3,(H,26,28). The van der Waals surface area contributed by atoms with Gasteiger partial charge in [0.05, 0.1) is 18.3 Å². The molecule has 0 atom stereocenters. The summed E-state index contributed by atoms with van der Waals surface area (Å²) in [6.07, 6.45) is 1.31. The van der Waals surface area contributed by atoms with E-state index in [-0.39, 0.29) is 24.6 Å². The fourth-order valence-electron chi connectivity index (χ4n) is 3.25. The molecule has 0 fully saturated rings. The van der Waals surface area contributed by atoms with Crippen LogP contribution in [0.15, 0.2) is 65.7 Å². The van der Waals surface area contributed by atoms with Crippen molar-refractivity contribution >= 4 is 39.1 Å². The molecule has 1 amide bonds. The molecule has 0 unspecified atom stereocenters. The molecule has 4 aromatic rings. The van der Waals surface area contributed by atoms with Crippen molar-refractivity contribution in [3.05, 3.63) is 81.7 Å². The molecule has 33 heavy (non-hydrogen) atoms. The van der Waals surface area contributed by atoms with E-state index in [1.165, 1.54) is 10.9 Å². The summed E-state index contributed by atoms with van der Waals surface area (Å²) in [6, 6.07) is 16.3. The second kappa shape index (κ2) is 9.66. The number of carbonyl (C=O) groups is 2. The van der Waals surface area contributed by atoms with E-state index in [1.807, 2.05) is 30.3 Å². The Hall–Kier alpha value is -3.98. The van der Waals surface area contributed by atoms with E-state index in [0.29, 0.717) is 37.8 Å². The summed E-state index contributed by atoms with van der Waals surface area (Å²) in [7, 11) is 0. The molecule has 2 aromatic carbocycles. The number of hydrogen-bond donors (Lipinski definition) is 1. The van der Waals surface area contributed by atoms with Gasteiger partial charge in [-0.25, -0.2) is 9.78 Å². The molecule has 0 bridgehead atoms. The van der Waals surface area contributed by atoms with Crippen molar-refractivity contribution in [1.82, 2.24) is 9.55 Å². The van der Waals surface area contributed by atoms with E-state index < -0.39 is 5.97 Å². The molecular formula is C24H21N3O5S. The lowest BCUT2D eigenvalue weighted by Gasteiger charge is -2.09. The van der Waals surface area contributed by atoms with Gasteiger partial charge in [-0.2, -0.15) is 0 Å². The third-order valence-electron chi connectivity index (χ3n) is 4.81. The molecule has 1 N–H and O–H groups in total. The minimum atomic E-state index is -0.485. The molecule has 0 radical (unpaired) electrons. The first-order valence-corrected chi connectivity index (χ1v) is 11.1. The SMILES string of the molecule is CCOC(=O)c1sc2ncn(CC(=O)Nc3ccc(Oc4ccccc4)cc3)c(=O)c2c1C. The average molecular weight is 464 g/mol. The highest BCUT2D eigenvalue weighted by Crippen LogP contribution is 2.27. The Morgan fingerprint density at radius 1 is 1.06 bits per heavy atom. The van der Waals surface area contributed by atoms with Gasteiger partial charge in [-0.05, 0) is 55.8 Å². The lowest BCUT2D eigenvalue weighted by Crippen LogP contribution is -2.27. The Morgan fingerprint density at radius 2 is 1.76 bits per heavy atom. The number of fused-ring (bicyclic) bond motifs is 1. The number of anilines is 1. The summed E-state index contributed by atoms with van der Waals surface area (Å²) in [5.41, 5.74) is 0.694. The van der Waals surface area contributed by atoms with E-state index in [2.05, 4.69) is 10.3 Å². The van der Waals surface area contributed by atoms with Crippen LogP contribution in [0.5, 0.6) is 11.5 Å². The smallest absolute Gasteiger partial charge is 0.348 e. The van der Waals surface area contributed by atoms with Crippen LogP contribution in [0.25, 0.3) is 10.2 Å². The number of thiophene rings is 1. The fourth-order valence-corrected chi connectivity index (χ4v) is 4.28. The van der Waals surface area contributed by atoms with Crippen molar-refractivity contribution in [2.24, 2.45) is 0 Å². The zero-order valence-electron chi connectivity index (χ0n) is 18.0. The second-order valence-corrected chi connectivity index (χ2v) is 8.12. The second-order valence-electron chi connectivity index (χ2n) is 7.12. The lowest BCUT2D eigenvalue weighted by molar-refractivity contribution is -0.116. The number of rotatable bonds is 7. The number of carbonyl (C=O) groups excluding carboxylic acids is 2. The number of esters is 1. The minimum absolute atomic E-state index is 0.214. The first kappa shape index (κ1) is 22.2. The van der Waals surface area contributed by atoms with Gasteiger partial charge < -0.3 is 14.8 Å². The number of ether oxygens (including phenoxy) is 2. The Labute approximate surface area is 193 Å². The molecule has 2 aromatic heterocycles. The van der Waals surface area contributed by atoms with Crippen molar-refractivity contribution in [1.29, 1.82) is 0 Å². The lowest BCUT2D eigenvalue weighted by atomic mass is 10.2. The normalized spacial score (nSPS) is 10.7. The number of nitrogens with zero attached hydrogens (tertiary/aromatic N) is 2. The molecular weight excluding hydrogens is 442 g/mol.